The number of carbonyl (C=O) groups excluding carboxylic acids is 2. The van der Waals surface area contributed by atoms with Gasteiger partial charge in [-0.25, -0.2) is 19.4 Å². The van der Waals surface area contributed by atoms with Gasteiger partial charge in [0.2, 0.25) is 0 Å². The fourth-order valence-electron chi connectivity index (χ4n) is 3.15. The van der Waals surface area contributed by atoms with E-state index in [1.807, 2.05) is 0 Å². The Kier molecular flexibility index (Phi) is 6.72. The fourth-order valence-corrected chi connectivity index (χ4v) is 3.15. The van der Waals surface area contributed by atoms with E-state index in [4.69, 9.17) is 4.74 Å². The number of nitrogens with zero attached hydrogens (tertiary/aromatic N) is 2. The second-order valence-corrected chi connectivity index (χ2v) is 8.43. The normalized spacial score (nSPS) is 21.9. The van der Waals surface area contributed by atoms with Gasteiger partial charge in [0.05, 0.1) is 11.9 Å². The molecule has 0 saturated carbocycles. The van der Waals surface area contributed by atoms with E-state index in [0.717, 1.165) is 23.2 Å². The molecule has 1 aromatic heterocycles. The van der Waals surface area contributed by atoms with E-state index in [9.17, 15) is 32.7 Å². The van der Waals surface area contributed by atoms with Gasteiger partial charge in [0.1, 0.15) is 16.8 Å². The van der Waals surface area contributed by atoms with Crippen LogP contribution in [0.15, 0.2) is 18.3 Å². The second kappa shape index (κ2) is 8.60. The van der Waals surface area contributed by atoms with Crippen LogP contribution in [0.25, 0.3) is 0 Å². The number of carboxylic acid groups (broad SMARTS) is 1. The van der Waals surface area contributed by atoms with Gasteiger partial charge in [-0.15, -0.1) is 0 Å². The summed E-state index contributed by atoms with van der Waals surface area (Å²) in [6.07, 6.45) is -4.31. The molecular formula is C19H25F3N4O5. The van der Waals surface area contributed by atoms with Gasteiger partial charge in [-0.3, -0.25) is 4.90 Å². The number of nitrogens with one attached hydrogen (secondary N) is 2. The summed E-state index contributed by atoms with van der Waals surface area (Å²) in [4.78, 5) is 41.0. The van der Waals surface area contributed by atoms with Gasteiger partial charge in [-0.1, -0.05) is 0 Å². The number of carbonyl (C=O) groups is 3. The van der Waals surface area contributed by atoms with Crippen LogP contribution in [-0.2, 0) is 15.7 Å². The summed E-state index contributed by atoms with van der Waals surface area (Å²) in [7, 11) is 0. The monoisotopic (exact) mass is 446 g/mol. The highest BCUT2D eigenvalue weighted by Crippen LogP contribution is 2.31. The van der Waals surface area contributed by atoms with Gasteiger partial charge in [0.15, 0.2) is 0 Å². The lowest BCUT2D eigenvalue weighted by molar-refractivity contribution is -0.153. The van der Waals surface area contributed by atoms with Crippen molar-refractivity contribution in [2.75, 3.05) is 11.9 Å². The van der Waals surface area contributed by atoms with Crippen LogP contribution in [0.2, 0.25) is 0 Å². The SMILES string of the molecule is CC(C)(C)OC(=O)N1CC[C@@H](NC(=O)Nc2ccc(C(F)(F)F)nc2)C[C@]1(C)C(=O)O. The van der Waals surface area contributed by atoms with Crippen LogP contribution in [0, 0.1) is 0 Å². The molecule has 1 aromatic rings. The number of ether oxygens (including phenoxy) is 1. The molecule has 2 heterocycles. The number of hydrogen-bond acceptors (Lipinski definition) is 5. The summed E-state index contributed by atoms with van der Waals surface area (Å²) in [5.74, 6) is -1.25. The smallest absolute Gasteiger partial charge is 0.433 e. The molecule has 0 bridgehead atoms. The number of anilines is 1. The summed E-state index contributed by atoms with van der Waals surface area (Å²) in [5.41, 5.74) is -3.47. The maximum Gasteiger partial charge on any atom is 0.433 e. The third kappa shape index (κ3) is 6.22. The molecule has 2 rings (SSSR count). The van der Waals surface area contributed by atoms with E-state index in [0.29, 0.717) is 0 Å². The first-order valence-corrected chi connectivity index (χ1v) is 9.46. The number of carboxylic acids is 1. The molecule has 3 amide bonds. The van der Waals surface area contributed by atoms with Gasteiger partial charge in [0, 0.05) is 19.0 Å². The predicted octanol–water partition coefficient (Wildman–Crippen LogP) is 3.46. The molecule has 0 aliphatic carbocycles. The molecule has 1 aliphatic rings. The molecule has 9 nitrogen and oxygen atoms in total. The predicted molar refractivity (Wildman–Crippen MR) is 103 cm³/mol. The van der Waals surface area contributed by atoms with Crippen molar-refractivity contribution in [3.05, 3.63) is 24.0 Å². The Hall–Kier alpha value is -3.05. The third-order valence-corrected chi connectivity index (χ3v) is 4.66. The van der Waals surface area contributed by atoms with Crippen LogP contribution in [0.3, 0.4) is 0 Å². The maximum atomic E-state index is 12.6. The standard InChI is InChI=1S/C19H25F3N4O5/c1-17(2,3)31-16(30)26-8-7-11(9-18(26,4)14(27)28)24-15(29)25-12-5-6-13(23-10-12)19(20,21)22/h5-6,10-11H,7-9H2,1-4H3,(H,27,28)(H2,24,25,29)/t11-,18-/m1/s1. The number of rotatable bonds is 3. The largest absolute Gasteiger partial charge is 0.480 e. The van der Waals surface area contributed by atoms with E-state index in [2.05, 4.69) is 15.6 Å². The van der Waals surface area contributed by atoms with E-state index < -0.39 is 47.1 Å². The molecule has 0 radical (unpaired) electrons. The Bertz CT molecular complexity index is 838. The Balaban J connectivity index is 2.03. The zero-order valence-electron chi connectivity index (χ0n) is 17.5. The minimum atomic E-state index is -4.59. The van der Waals surface area contributed by atoms with Crippen molar-refractivity contribution < 1.29 is 37.4 Å². The van der Waals surface area contributed by atoms with Gasteiger partial charge in [0.25, 0.3) is 0 Å². The van der Waals surface area contributed by atoms with E-state index in [1.165, 1.54) is 6.92 Å². The summed E-state index contributed by atoms with van der Waals surface area (Å²) in [5, 5.41) is 14.7. The molecule has 0 unspecified atom stereocenters. The number of pyridine rings is 1. The first-order valence-electron chi connectivity index (χ1n) is 9.46. The summed E-state index contributed by atoms with van der Waals surface area (Å²) in [6, 6.07) is 0.463. The molecule has 0 aromatic carbocycles. The fraction of sp³-hybridized carbons (Fsp3) is 0.579. The van der Waals surface area contributed by atoms with E-state index in [1.54, 1.807) is 20.8 Å². The average molecular weight is 446 g/mol. The number of hydrogen-bond donors (Lipinski definition) is 3. The summed E-state index contributed by atoms with van der Waals surface area (Å²) < 4.78 is 43.0. The number of aliphatic carboxylic acids is 1. The Morgan fingerprint density at radius 2 is 1.90 bits per heavy atom. The lowest BCUT2D eigenvalue weighted by Crippen LogP contribution is -2.63. The Labute approximate surface area is 177 Å². The molecule has 1 fully saturated rings. The molecule has 2 atom stereocenters. The van der Waals surface area contributed by atoms with E-state index >= 15 is 0 Å². The number of alkyl halides is 3. The Morgan fingerprint density at radius 3 is 2.39 bits per heavy atom. The average Bonchev–Trinajstić information content (AvgIpc) is 2.59. The van der Waals surface area contributed by atoms with Crippen molar-refractivity contribution in [2.24, 2.45) is 0 Å². The molecule has 1 saturated heterocycles. The third-order valence-electron chi connectivity index (χ3n) is 4.66. The second-order valence-electron chi connectivity index (χ2n) is 8.43. The van der Waals surface area contributed by atoms with Gasteiger partial charge >= 0.3 is 24.3 Å². The first kappa shape index (κ1) is 24.2. The van der Waals surface area contributed by atoms with Crippen LogP contribution < -0.4 is 10.6 Å². The number of urea groups is 1. The molecule has 12 heteroatoms. The van der Waals surface area contributed by atoms with Gasteiger partial charge in [-0.2, -0.15) is 13.2 Å². The number of piperidine rings is 1. The first-order chi connectivity index (χ1) is 14.1. The van der Waals surface area contributed by atoms with E-state index in [-0.39, 0.29) is 25.1 Å². The lowest BCUT2D eigenvalue weighted by Gasteiger charge is -2.44. The van der Waals surface area contributed by atoms with Crippen molar-refractivity contribution in [1.82, 2.24) is 15.2 Å². The molecule has 172 valence electrons. The minimum absolute atomic E-state index is 0.0322. The topological polar surface area (TPSA) is 121 Å². The van der Waals surface area contributed by atoms with Gasteiger partial charge in [-0.05, 0) is 46.2 Å². The van der Waals surface area contributed by atoms with Crippen LogP contribution in [0.1, 0.15) is 46.2 Å². The van der Waals surface area contributed by atoms with Crippen molar-refractivity contribution in [2.45, 2.75) is 63.9 Å². The number of aromatic nitrogens is 1. The van der Waals surface area contributed by atoms with Crippen LogP contribution in [0.4, 0.5) is 28.4 Å². The summed E-state index contributed by atoms with van der Waals surface area (Å²) >= 11 is 0. The number of likely N-dealkylation sites (tertiary alicyclic amines) is 1. The molecular weight excluding hydrogens is 421 g/mol. The highest BCUT2D eigenvalue weighted by atomic mass is 19.4. The van der Waals surface area contributed by atoms with Crippen molar-refractivity contribution in [3.63, 3.8) is 0 Å². The molecule has 0 spiro atoms. The highest BCUT2D eigenvalue weighted by molar-refractivity contribution is 5.89. The van der Waals surface area contributed by atoms with Crippen LogP contribution >= 0.6 is 0 Å². The summed E-state index contributed by atoms with van der Waals surface area (Å²) in [6.45, 7) is 6.39. The zero-order chi connectivity index (χ0) is 23.6. The van der Waals surface area contributed by atoms with Crippen LogP contribution in [-0.4, -0.2) is 56.8 Å². The zero-order valence-corrected chi connectivity index (χ0v) is 17.5. The molecule has 3 N–H and O–H groups in total. The number of halogens is 3. The maximum absolute atomic E-state index is 12.6. The number of amides is 3. The van der Waals surface area contributed by atoms with Crippen molar-refractivity contribution in [3.8, 4) is 0 Å². The lowest BCUT2D eigenvalue weighted by atomic mass is 9.85. The minimum Gasteiger partial charge on any atom is -0.480 e. The van der Waals surface area contributed by atoms with Crippen molar-refractivity contribution in [1.29, 1.82) is 0 Å². The molecule has 1 aliphatic heterocycles. The van der Waals surface area contributed by atoms with Gasteiger partial charge < -0.3 is 20.5 Å². The van der Waals surface area contributed by atoms with Crippen LogP contribution in [0.5, 0.6) is 0 Å². The van der Waals surface area contributed by atoms with Crippen molar-refractivity contribution >= 4 is 23.8 Å². The molecule has 31 heavy (non-hydrogen) atoms. The quantitative estimate of drug-likeness (QED) is 0.654. The highest BCUT2D eigenvalue weighted by Gasteiger charge is 2.48. The Morgan fingerprint density at radius 1 is 1.26 bits per heavy atom.